The number of benzene rings is 1. The van der Waals surface area contributed by atoms with E-state index in [4.69, 9.17) is 0 Å². The van der Waals surface area contributed by atoms with E-state index in [9.17, 15) is 9.59 Å². The second-order valence-corrected chi connectivity index (χ2v) is 8.90. The van der Waals surface area contributed by atoms with Crippen molar-refractivity contribution in [2.75, 3.05) is 46.3 Å². The average Bonchev–Trinajstić information content (AvgIpc) is 3.16. The molecule has 1 N–H and O–H groups in total. The van der Waals surface area contributed by atoms with Crippen LogP contribution < -0.4 is 0 Å². The van der Waals surface area contributed by atoms with Gasteiger partial charge in [0.1, 0.15) is 5.54 Å². The van der Waals surface area contributed by atoms with Crippen molar-refractivity contribution in [2.45, 2.75) is 31.8 Å². The first-order valence-electron chi connectivity index (χ1n) is 10.6. The minimum Gasteiger partial charge on any atom is -0.357 e. The second-order valence-electron chi connectivity index (χ2n) is 8.90. The number of fused-ring (bicyclic) bond motifs is 4. The van der Waals surface area contributed by atoms with Crippen molar-refractivity contribution in [3.63, 3.8) is 0 Å². The van der Waals surface area contributed by atoms with Crippen LogP contribution in [0.5, 0.6) is 0 Å². The minimum absolute atomic E-state index is 0.0446. The number of nitrogens with zero attached hydrogens (tertiary/aromatic N) is 4. The third-order valence-corrected chi connectivity index (χ3v) is 6.95. The maximum atomic E-state index is 13.3. The van der Waals surface area contributed by atoms with Crippen LogP contribution in [0.1, 0.15) is 24.6 Å². The Morgan fingerprint density at radius 2 is 1.83 bits per heavy atom. The number of carbonyl (C=O) groups is 2. The lowest BCUT2D eigenvalue weighted by Crippen LogP contribution is -2.51. The number of urea groups is 1. The van der Waals surface area contributed by atoms with Gasteiger partial charge in [-0.05, 0) is 38.6 Å². The number of H-pyrrole nitrogens is 1. The van der Waals surface area contributed by atoms with Crippen LogP contribution in [0.15, 0.2) is 24.3 Å². The number of nitrogens with one attached hydrogen (secondary N) is 1. The molecule has 1 aromatic carbocycles. The summed E-state index contributed by atoms with van der Waals surface area (Å²) in [6.07, 6.45) is 1.41. The number of rotatable bonds is 4. The molecular formula is C22H29N5O2. The molecule has 0 bridgehead atoms. The fraction of sp³-hybridized carbons (Fsp3) is 0.545. The van der Waals surface area contributed by atoms with Gasteiger partial charge in [0, 0.05) is 55.7 Å². The largest absolute Gasteiger partial charge is 0.357 e. The number of carbonyl (C=O) groups excluding carboxylic acids is 2. The van der Waals surface area contributed by atoms with Crippen LogP contribution in [0.2, 0.25) is 0 Å². The molecule has 2 saturated heterocycles. The number of hydrogen-bond donors (Lipinski definition) is 1. The first kappa shape index (κ1) is 18.6. The van der Waals surface area contributed by atoms with E-state index in [0.717, 1.165) is 55.7 Å². The fourth-order valence-corrected chi connectivity index (χ4v) is 5.08. The van der Waals surface area contributed by atoms with Crippen LogP contribution in [0.4, 0.5) is 4.79 Å². The van der Waals surface area contributed by atoms with Crippen molar-refractivity contribution in [1.29, 1.82) is 0 Å². The van der Waals surface area contributed by atoms with E-state index in [1.54, 1.807) is 4.90 Å². The van der Waals surface area contributed by atoms with Crippen molar-refractivity contribution in [1.82, 2.24) is 24.6 Å². The first-order chi connectivity index (χ1) is 14.0. The molecule has 7 heteroatoms. The van der Waals surface area contributed by atoms with Gasteiger partial charge in [0.05, 0.1) is 6.54 Å². The third-order valence-electron chi connectivity index (χ3n) is 6.95. The van der Waals surface area contributed by atoms with E-state index < -0.39 is 5.54 Å². The molecular weight excluding hydrogens is 366 g/mol. The first-order valence-corrected chi connectivity index (χ1v) is 10.6. The van der Waals surface area contributed by atoms with Gasteiger partial charge in [-0.2, -0.15) is 0 Å². The Balaban J connectivity index is 1.30. The minimum atomic E-state index is -0.775. The number of piperazine rings is 1. The lowest BCUT2D eigenvalue weighted by Gasteiger charge is -2.35. The van der Waals surface area contributed by atoms with Crippen molar-refractivity contribution in [3.05, 3.63) is 35.5 Å². The molecule has 5 rings (SSSR count). The monoisotopic (exact) mass is 395 g/mol. The summed E-state index contributed by atoms with van der Waals surface area (Å²) in [5.41, 5.74) is 2.54. The lowest BCUT2D eigenvalue weighted by molar-refractivity contribution is -0.133. The summed E-state index contributed by atoms with van der Waals surface area (Å²) < 4.78 is 0. The molecule has 29 heavy (non-hydrogen) atoms. The Morgan fingerprint density at radius 1 is 1.07 bits per heavy atom. The van der Waals surface area contributed by atoms with Crippen molar-refractivity contribution < 1.29 is 9.59 Å². The second kappa shape index (κ2) is 6.85. The van der Waals surface area contributed by atoms with Crippen LogP contribution in [-0.4, -0.2) is 88.4 Å². The van der Waals surface area contributed by atoms with E-state index in [-0.39, 0.29) is 11.9 Å². The van der Waals surface area contributed by atoms with E-state index in [1.807, 2.05) is 19.1 Å². The lowest BCUT2D eigenvalue weighted by atomic mass is 9.86. The SMILES string of the molecule is CN1CCN(CCCN2C(=O)N3Cc4[nH]c5ccccc5c4CC3(C)C2=O)CC1. The van der Waals surface area contributed by atoms with E-state index in [1.165, 1.54) is 10.5 Å². The average molecular weight is 396 g/mol. The van der Waals surface area contributed by atoms with Crippen LogP contribution in [0.3, 0.4) is 0 Å². The quantitative estimate of drug-likeness (QED) is 0.803. The molecule has 7 nitrogen and oxygen atoms in total. The van der Waals surface area contributed by atoms with Gasteiger partial charge >= 0.3 is 6.03 Å². The van der Waals surface area contributed by atoms with E-state index >= 15 is 0 Å². The van der Waals surface area contributed by atoms with Gasteiger partial charge in [0.15, 0.2) is 0 Å². The number of aromatic amines is 1. The highest BCUT2D eigenvalue weighted by Crippen LogP contribution is 2.40. The molecule has 1 atom stereocenters. The molecule has 2 fully saturated rings. The summed E-state index contributed by atoms with van der Waals surface area (Å²) in [7, 11) is 2.15. The summed E-state index contributed by atoms with van der Waals surface area (Å²) in [5.74, 6) is -0.0446. The zero-order chi connectivity index (χ0) is 20.2. The zero-order valence-corrected chi connectivity index (χ0v) is 17.3. The van der Waals surface area contributed by atoms with Gasteiger partial charge < -0.3 is 19.7 Å². The van der Waals surface area contributed by atoms with Gasteiger partial charge in [0.25, 0.3) is 5.91 Å². The summed E-state index contributed by atoms with van der Waals surface area (Å²) in [5, 5.41) is 1.16. The molecule has 2 aromatic rings. The Morgan fingerprint density at radius 3 is 2.62 bits per heavy atom. The summed E-state index contributed by atoms with van der Waals surface area (Å²) in [6.45, 7) is 8.13. The van der Waals surface area contributed by atoms with Crippen LogP contribution in [-0.2, 0) is 17.8 Å². The molecule has 1 unspecified atom stereocenters. The molecule has 0 aliphatic carbocycles. The Hall–Kier alpha value is -2.38. The highest BCUT2D eigenvalue weighted by atomic mass is 16.2. The fourth-order valence-electron chi connectivity index (χ4n) is 5.08. The summed E-state index contributed by atoms with van der Waals surface area (Å²) in [4.78, 5) is 37.9. The molecule has 3 aliphatic heterocycles. The van der Waals surface area contributed by atoms with Gasteiger partial charge in [-0.3, -0.25) is 9.69 Å². The van der Waals surface area contributed by atoms with E-state index in [2.05, 4.69) is 34.0 Å². The third kappa shape index (κ3) is 2.95. The Kier molecular flexibility index (Phi) is 4.40. The van der Waals surface area contributed by atoms with Crippen LogP contribution in [0.25, 0.3) is 10.9 Å². The summed E-state index contributed by atoms with van der Waals surface area (Å²) in [6, 6.07) is 8.04. The smallest absolute Gasteiger partial charge is 0.328 e. The standard InChI is InChI=1S/C22H29N5O2/c1-22-14-17-16-6-3-4-7-18(16)23-19(17)15-27(22)21(29)26(20(22)28)9-5-8-25-12-10-24(2)11-13-25/h3-4,6-7,23H,5,8-15H2,1-2H3. The van der Waals surface area contributed by atoms with Crippen LogP contribution >= 0.6 is 0 Å². The van der Waals surface area contributed by atoms with Gasteiger partial charge in [-0.15, -0.1) is 0 Å². The number of imide groups is 1. The number of likely N-dealkylation sites (N-methyl/N-ethyl adjacent to an activating group) is 1. The Bertz CT molecular complexity index is 961. The molecule has 3 aliphatic rings. The number of para-hydroxylation sites is 1. The molecule has 154 valence electrons. The van der Waals surface area contributed by atoms with Gasteiger partial charge in [-0.25, -0.2) is 4.79 Å². The normalized spacial score (nSPS) is 25.7. The van der Waals surface area contributed by atoms with E-state index in [0.29, 0.717) is 19.5 Å². The van der Waals surface area contributed by atoms with Crippen molar-refractivity contribution in [2.24, 2.45) is 0 Å². The highest BCUT2D eigenvalue weighted by Gasteiger charge is 2.56. The molecule has 1 aromatic heterocycles. The van der Waals surface area contributed by atoms with Gasteiger partial charge in [-0.1, -0.05) is 18.2 Å². The van der Waals surface area contributed by atoms with Gasteiger partial charge in [0.2, 0.25) is 0 Å². The number of hydrogen-bond acceptors (Lipinski definition) is 4. The highest BCUT2D eigenvalue weighted by molar-refractivity contribution is 6.07. The number of aromatic nitrogens is 1. The number of amides is 3. The predicted octanol–water partition coefficient (Wildman–Crippen LogP) is 1.88. The maximum Gasteiger partial charge on any atom is 0.328 e. The maximum absolute atomic E-state index is 13.3. The van der Waals surface area contributed by atoms with Crippen molar-refractivity contribution in [3.8, 4) is 0 Å². The predicted molar refractivity (Wildman–Crippen MR) is 112 cm³/mol. The Labute approximate surface area is 171 Å². The zero-order valence-electron chi connectivity index (χ0n) is 17.3. The molecule has 0 saturated carbocycles. The molecule has 0 spiro atoms. The molecule has 4 heterocycles. The van der Waals surface area contributed by atoms with Crippen molar-refractivity contribution >= 4 is 22.8 Å². The van der Waals surface area contributed by atoms with Crippen LogP contribution in [0, 0.1) is 0 Å². The molecule has 3 amide bonds. The summed E-state index contributed by atoms with van der Waals surface area (Å²) >= 11 is 0. The topological polar surface area (TPSA) is 62.9 Å². The molecule has 0 radical (unpaired) electrons.